The lowest BCUT2D eigenvalue weighted by molar-refractivity contribution is -0.121. The van der Waals surface area contributed by atoms with Crippen molar-refractivity contribution in [3.63, 3.8) is 0 Å². The largest absolute Gasteiger partial charge is 0.478 e. The van der Waals surface area contributed by atoms with Crippen LogP contribution in [0.4, 0.5) is 0 Å². The van der Waals surface area contributed by atoms with Crippen molar-refractivity contribution in [1.82, 2.24) is 5.32 Å². The summed E-state index contributed by atoms with van der Waals surface area (Å²) in [6, 6.07) is 6.85. The Bertz CT molecular complexity index is 520. The maximum Gasteiger partial charge on any atom is 0.335 e. The molecule has 1 aliphatic carbocycles. The molecule has 0 spiro atoms. The van der Waals surface area contributed by atoms with Gasteiger partial charge in [-0.2, -0.15) is 11.8 Å². The first-order chi connectivity index (χ1) is 10.1. The first kappa shape index (κ1) is 15.9. The summed E-state index contributed by atoms with van der Waals surface area (Å²) in [5.74, 6) is -0.947. The SMILES string of the molecule is CSC1(CNC(=O)CCc2ccccc2C(=O)O)CCC1. The molecule has 1 saturated carbocycles. The number of aryl methyl sites for hydroxylation is 1. The molecule has 1 aromatic rings. The normalized spacial score (nSPS) is 16.0. The minimum atomic E-state index is -0.943. The number of hydrogen-bond donors (Lipinski definition) is 2. The number of amides is 1. The van der Waals surface area contributed by atoms with Crippen molar-refractivity contribution in [2.75, 3.05) is 12.8 Å². The predicted octanol–water partition coefficient (Wildman–Crippen LogP) is 2.72. The van der Waals surface area contributed by atoms with Gasteiger partial charge >= 0.3 is 5.97 Å². The maximum absolute atomic E-state index is 11.9. The van der Waals surface area contributed by atoms with Crippen LogP contribution in [0.3, 0.4) is 0 Å². The smallest absolute Gasteiger partial charge is 0.335 e. The lowest BCUT2D eigenvalue weighted by Crippen LogP contribution is -2.45. The van der Waals surface area contributed by atoms with Crippen molar-refractivity contribution in [3.05, 3.63) is 35.4 Å². The van der Waals surface area contributed by atoms with Crippen LogP contribution in [0.25, 0.3) is 0 Å². The van der Waals surface area contributed by atoms with E-state index in [0.717, 1.165) is 12.8 Å². The Morgan fingerprint density at radius 2 is 2.05 bits per heavy atom. The van der Waals surface area contributed by atoms with E-state index in [-0.39, 0.29) is 16.2 Å². The molecule has 2 rings (SSSR count). The second-order valence-corrected chi connectivity index (χ2v) is 6.75. The van der Waals surface area contributed by atoms with Crippen LogP contribution in [0.15, 0.2) is 24.3 Å². The fourth-order valence-electron chi connectivity index (χ4n) is 2.57. The monoisotopic (exact) mass is 307 g/mol. The van der Waals surface area contributed by atoms with Gasteiger partial charge in [0.1, 0.15) is 0 Å². The molecule has 1 aliphatic rings. The van der Waals surface area contributed by atoms with Gasteiger partial charge in [0.25, 0.3) is 0 Å². The fraction of sp³-hybridized carbons (Fsp3) is 0.500. The minimum absolute atomic E-state index is 0.00415. The Balaban J connectivity index is 1.83. The summed E-state index contributed by atoms with van der Waals surface area (Å²) in [5, 5.41) is 12.1. The van der Waals surface area contributed by atoms with E-state index in [4.69, 9.17) is 5.11 Å². The van der Waals surface area contributed by atoms with Crippen molar-refractivity contribution in [2.24, 2.45) is 0 Å². The molecule has 5 heteroatoms. The van der Waals surface area contributed by atoms with Crippen molar-refractivity contribution in [1.29, 1.82) is 0 Å². The van der Waals surface area contributed by atoms with Crippen molar-refractivity contribution >= 4 is 23.6 Å². The zero-order valence-corrected chi connectivity index (χ0v) is 13.0. The van der Waals surface area contributed by atoms with Crippen LogP contribution in [0.2, 0.25) is 0 Å². The summed E-state index contributed by atoms with van der Waals surface area (Å²) >= 11 is 1.83. The van der Waals surface area contributed by atoms with Crippen LogP contribution in [0.5, 0.6) is 0 Å². The lowest BCUT2D eigenvalue weighted by Gasteiger charge is -2.40. The molecule has 4 nitrogen and oxygen atoms in total. The van der Waals surface area contributed by atoms with E-state index in [9.17, 15) is 9.59 Å². The lowest BCUT2D eigenvalue weighted by atomic mass is 9.84. The summed E-state index contributed by atoms with van der Waals surface area (Å²) in [5.41, 5.74) is 0.994. The number of carboxylic acids is 1. The quantitative estimate of drug-likeness (QED) is 0.813. The Morgan fingerprint density at radius 1 is 1.33 bits per heavy atom. The van der Waals surface area contributed by atoms with Gasteiger partial charge in [0.2, 0.25) is 5.91 Å². The molecule has 1 fully saturated rings. The van der Waals surface area contributed by atoms with E-state index in [0.29, 0.717) is 24.9 Å². The van der Waals surface area contributed by atoms with Crippen LogP contribution >= 0.6 is 11.8 Å². The number of carbonyl (C=O) groups excluding carboxylic acids is 1. The van der Waals surface area contributed by atoms with E-state index in [2.05, 4.69) is 11.6 Å². The van der Waals surface area contributed by atoms with Gasteiger partial charge in [-0.05, 0) is 37.1 Å². The number of carbonyl (C=O) groups is 2. The van der Waals surface area contributed by atoms with E-state index in [1.165, 1.54) is 6.42 Å². The zero-order valence-electron chi connectivity index (χ0n) is 12.2. The zero-order chi connectivity index (χ0) is 15.3. The van der Waals surface area contributed by atoms with Gasteiger partial charge in [-0.15, -0.1) is 0 Å². The molecule has 21 heavy (non-hydrogen) atoms. The molecule has 0 unspecified atom stereocenters. The number of aromatic carboxylic acids is 1. The van der Waals surface area contributed by atoms with Gasteiger partial charge in [0, 0.05) is 17.7 Å². The third-order valence-corrected chi connectivity index (χ3v) is 5.59. The molecule has 114 valence electrons. The van der Waals surface area contributed by atoms with Gasteiger partial charge < -0.3 is 10.4 Å². The number of hydrogen-bond acceptors (Lipinski definition) is 3. The van der Waals surface area contributed by atoms with Gasteiger partial charge in [-0.1, -0.05) is 24.6 Å². The predicted molar refractivity (Wildman–Crippen MR) is 84.8 cm³/mol. The van der Waals surface area contributed by atoms with E-state index in [1.54, 1.807) is 24.3 Å². The minimum Gasteiger partial charge on any atom is -0.478 e. The Kier molecular flexibility index (Phi) is 5.28. The molecule has 0 aliphatic heterocycles. The van der Waals surface area contributed by atoms with Gasteiger partial charge in [-0.25, -0.2) is 4.79 Å². The second kappa shape index (κ2) is 6.98. The van der Waals surface area contributed by atoms with E-state index < -0.39 is 5.97 Å². The fourth-order valence-corrected chi connectivity index (χ4v) is 3.48. The number of thioether (sulfide) groups is 1. The first-order valence-electron chi connectivity index (χ1n) is 7.19. The second-order valence-electron chi connectivity index (χ2n) is 5.48. The average Bonchev–Trinajstić information content (AvgIpc) is 2.44. The molecule has 1 amide bonds. The summed E-state index contributed by atoms with van der Waals surface area (Å²) < 4.78 is 0.231. The maximum atomic E-state index is 11.9. The van der Waals surface area contributed by atoms with Crippen LogP contribution in [-0.2, 0) is 11.2 Å². The van der Waals surface area contributed by atoms with Crippen LogP contribution < -0.4 is 5.32 Å². The highest BCUT2D eigenvalue weighted by atomic mass is 32.2. The molecular weight excluding hydrogens is 286 g/mol. The molecule has 1 aromatic carbocycles. The van der Waals surface area contributed by atoms with Gasteiger partial charge in [0.15, 0.2) is 0 Å². The average molecular weight is 307 g/mol. The number of carboxylic acid groups (broad SMARTS) is 1. The number of rotatable bonds is 7. The summed E-state index contributed by atoms with van der Waals surface area (Å²) in [7, 11) is 0. The molecule has 0 radical (unpaired) electrons. The molecule has 2 N–H and O–H groups in total. The van der Waals surface area contributed by atoms with Gasteiger partial charge in [-0.3, -0.25) is 4.79 Å². The van der Waals surface area contributed by atoms with Gasteiger partial charge in [0.05, 0.1) is 5.56 Å². The highest BCUT2D eigenvalue weighted by Crippen LogP contribution is 2.42. The van der Waals surface area contributed by atoms with Crippen LogP contribution in [0.1, 0.15) is 41.6 Å². The molecule has 0 saturated heterocycles. The Morgan fingerprint density at radius 3 is 2.62 bits per heavy atom. The van der Waals surface area contributed by atoms with Crippen molar-refractivity contribution in [2.45, 2.75) is 36.9 Å². The molecule has 0 atom stereocenters. The number of benzene rings is 1. The summed E-state index contributed by atoms with van der Waals surface area (Å²) in [6.07, 6.45) is 6.44. The highest BCUT2D eigenvalue weighted by molar-refractivity contribution is 8.00. The number of nitrogens with one attached hydrogen (secondary N) is 1. The standard InChI is InChI=1S/C16H21NO3S/c1-21-16(9-4-10-16)11-17-14(18)8-7-12-5-2-3-6-13(12)15(19)20/h2-3,5-6H,4,7-11H2,1H3,(H,17,18)(H,19,20). The Labute approximate surface area is 129 Å². The highest BCUT2D eigenvalue weighted by Gasteiger charge is 2.36. The summed E-state index contributed by atoms with van der Waals surface area (Å²) in [6.45, 7) is 0.716. The Hall–Kier alpha value is -1.49. The first-order valence-corrected chi connectivity index (χ1v) is 8.42. The van der Waals surface area contributed by atoms with E-state index >= 15 is 0 Å². The molecular formula is C16H21NO3S. The third-order valence-electron chi connectivity index (χ3n) is 4.17. The molecule has 0 heterocycles. The van der Waals surface area contributed by atoms with Crippen LogP contribution in [0, 0.1) is 0 Å². The topological polar surface area (TPSA) is 66.4 Å². The third kappa shape index (κ3) is 4.00. The van der Waals surface area contributed by atoms with Crippen molar-refractivity contribution < 1.29 is 14.7 Å². The summed E-state index contributed by atoms with van der Waals surface area (Å²) in [4.78, 5) is 23.0. The molecule has 0 bridgehead atoms. The van der Waals surface area contributed by atoms with Crippen molar-refractivity contribution in [3.8, 4) is 0 Å². The van der Waals surface area contributed by atoms with E-state index in [1.807, 2.05) is 11.8 Å². The van der Waals surface area contributed by atoms with Crippen LogP contribution in [-0.4, -0.2) is 34.5 Å². The molecule has 0 aromatic heterocycles.